The quantitative estimate of drug-likeness (QED) is 0.847. The van der Waals surface area contributed by atoms with Gasteiger partial charge in [-0.25, -0.2) is 0 Å². The Morgan fingerprint density at radius 2 is 1.91 bits per heavy atom. The maximum Gasteiger partial charge on any atom is 0.122 e. The molecule has 1 aromatic carbocycles. The van der Waals surface area contributed by atoms with Crippen molar-refractivity contribution >= 4 is 0 Å². The Balaban J connectivity index is 2.17. The summed E-state index contributed by atoms with van der Waals surface area (Å²) < 4.78 is 5.83. The number of piperazine rings is 1. The second-order valence-corrected chi connectivity index (χ2v) is 6.27. The molecule has 2 N–H and O–H groups in total. The Kier molecular flexibility index (Phi) is 6.24. The summed E-state index contributed by atoms with van der Waals surface area (Å²) in [6.07, 6.45) is 0.572. The van der Waals surface area contributed by atoms with E-state index in [0.717, 1.165) is 67.2 Å². The molecule has 1 aromatic rings. The van der Waals surface area contributed by atoms with Crippen LogP contribution in [0.25, 0.3) is 0 Å². The Labute approximate surface area is 134 Å². The fourth-order valence-electron chi connectivity index (χ4n) is 3.17. The van der Waals surface area contributed by atoms with Crippen LogP contribution >= 0.6 is 0 Å². The Bertz CT molecular complexity index is 496. The zero-order valence-electron chi connectivity index (χ0n) is 14.4. The molecular weight excluding hydrogens is 276 g/mol. The molecule has 22 heavy (non-hydrogen) atoms. The normalized spacial score (nSPS) is 17.5. The van der Waals surface area contributed by atoms with E-state index in [0.29, 0.717) is 6.54 Å². The van der Waals surface area contributed by atoms with Crippen molar-refractivity contribution in [3.63, 3.8) is 0 Å². The summed E-state index contributed by atoms with van der Waals surface area (Å²) in [6, 6.07) is 2.08. The molecule has 0 bridgehead atoms. The van der Waals surface area contributed by atoms with Gasteiger partial charge in [-0.1, -0.05) is 6.92 Å². The van der Waals surface area contributed by atoms with Crippen molar-refractivity contribution in [3.05, 3.63) is 28.3 Å². The van der Waals surface area contributed by atoms with Crippen LogP contribution in [0.2, 0.25) is 0 Å². The van der Waals surface area contributed by atoms with Crippen LogP contribution in [0.5, 0.6) is 5.75 Å². The fraction of sp³-hybridized carbons (Fsp3) is 0.667. The maximum absolute atomic E-state index is 10.7. The van der Waals surface area contributed by atoms with Gasteiger partial charge < -0.3 is 15.2 Å². The first-order valence-corrected chi connectivity index (χ1v) is 8.39. The minimum Gasteiger partial charge on any atom is -0.493 e. The number of ether oxygens (including phenoxy) is 1. The molecule has 0 amide bonds. The highest BCUT2D eigenvalue weighted by molar-refractivity contribution is 5.49. The average Bonchev–Trinajstić information content (AvgIpc) is 2.50. The van der Waals surface area contributed by atoms with E-state index in [2.05, 4.69) is 44.0 Å². The number of benzene rings is 1. The Morgan fingerprint density at radius 1 is 1.23 bits per heavy atom. The monoisotopic (exact) mass is 306 g/mol. The third-order valence-corrected chi connectivity index (χ3v) is 4.54. The number of β-amino-alcohol motifs (C(OH)–C–C–N with tert-alkyl or cyclic N) is 1. The zero-order chi connectivity index (χ0) is 16.1. The molecule has 1 heterocycles. The lowest BCUT2D eigenvalue weighted by Gasteiger charge is -2.30. The van der Waals surface area contributed by atoms with Gasteiger partial charge in [0.2, 0.25) is 0 Å². The second kappa shape index (κ2) is 7.95. The summed E-state index contributed by atoms with van der Waals surface area (Å²) in [5.41, 5.74) is 4.50. The van der Waals surface area contributed by atoms with Crippen LogP contribution in [-0.4, -0.2) is 49.3 Å². The highest BCUT2D eigenvalue weighted by Crippen LogP contribution is 2.32. The molecule has 1 unspecified atom stereocenters. The molecule has 1 saturated heterocycles. The number of hydrogen-bond acceptors (Lipinski definition) is 4. The van der Waals surface area contributed by atoms with Crippen LogP contribution < -0.4 is 10.1 Å². The van der Waals surface area contributed by atoms with Gasteiger partial charge in [-0.15, -0.1) is 0 Å². The molecule has 1 aliphatic rings. The number of rotatable bonds is 6. The lowest BCUT2D eigenvalue weighted by molar-refractivity contribution is 0.104. The van der Waals surface area contributed by atoms with E-state index in [9.17, 15) is 5.11 Å². The van der Waals surface area contributed by atoms with Crippen LogP contribution in [-0.2, 0) is 0 Å². The van der Waals surface area contributed by atoms with Crippen LogP contribution in [0.15, 0.2) is 6.07 Å². The average molecular weight is 306 g/mol. The van der Waals surface area contributed by atoms with Gasteiger partial charge in [0.25, 0.3) is 0 Å². The largest absolute Gasteiger partial charge is 0.493 e. The maximum atomic E-state index is 10.7. The molecule has 4 nitrogen and oxygen atoms in total. The summed E-state index contributed by atoms with van der Waals surface area (Å²) in [4.78, 5) is 2.33. The Hall–Kier alpha value is -1.10. The van der Waals surface area contributed by atoms with E-state index in [1.807, 2.05) is 0 Å². The highest BCUT2D eigenvalue weighted by atomic mass is 16.5. The van der Waals surface area contributed by atoms with Gasteiger partial charge in [0.05, 0.1) is 12.7 Å². The molecule has 0 aromatic heterocycles. The van der Waals surface area contributed by atoms with Crippen molar-refractivity contribution in [2.24, 2.45) is 0 Å². The molecule has 4 heteroatoms. The number of aliphatic hydroxyl groups excluding tert-OH is 1. The predicted octanol–water partition coefficient (Wildman–Crippen LogP) is 2.34. The van der Waals surface area contributed by atoms with Crippen molar-refractivity contribution < 1.29 is 9.84 Å². The SMILES string of the molecule is CCCOc1cc(C)c(C(O)CN2CCNCC2)c(C)c1C. The van der Waals surface area contributed by atoms with Gasteiger partial charge in [0.1, 0.15) is 5.75 Å². The van der Waals surface area contributed by atoms with E-state index in [-0.39, 0.29) is 0 Å². The lowest BCUT2D eigenvalue weighted by atomic mass is 9.93. The molecule has 2 rings (SSSR count). The summed E-state index contributed by atoms with van der Waals surface area (Å²) >= 11 is 0. The van der Waals surface area contributed by atoms with E-state index >= 15 is 0 Å². The predicted molar refractivity (Wildman–Crippen MR) is 90.7 cm³/mol. The van der Waals surface area contributed by atoms with Gasteiger partial charge in [-0.05, 0) is 55.5 Å². The molecule has 1 atom stereocenters. The van der Waals surface area contributed by atoms with E-state index < -0.39 is 6.10 Å². The third kappa shape index (κ3) is 4.00. The number of hydrogen-bond donors (Lipinski definition) is 2. The van der Waals surface area contributed by atoms with Crippen molar-refractivity contribution in [2.45, 2.75) is 40.2 Å². The standard InChI is InChI=1S/C18H30N2O2/c1-5-10-22-17-11-13(2)18(15(4)14(17)3)16(21)12-20-8-6-19-7-9-20/h11,16,19,21H,5-10,12H2,1-4H3. The molecule has 124 valence electrons. The van der Waals surface area contributed by atoms with Gasteiger partial charge in [0.15, 0.2) is 0 Å². The molecule has 0 spiro atoms. The molecular formula is C18H30N2O2. The fourth-order valence-corrected chi connectivity index (χ4v) is 3.17. The summed E-state index contributed by atoms with van der Waals surface area (Å²) in [6.45, 7) is 13.8. The first kappa shape index (κ1) is 17.3. The first-order chi connectivity index (χ1) is 10.5. The van der Waals surface area contributed by atoms with E-state index in [1.165, 1.54) is 0 Å². The molecule has 0 aliphatic carbocycles. The van der Waals surface area contributed by atoms with Crippen LogP contribution in [0, 0.1) is 20.8 Å². The van der Waals surface area contributed by atoms with Crippen LogP contribution in [0.3, 0.4) is 0 Å². The van der Waals surface area contributed by atoms with Crippen molar-refractivity contribution in [1.29, 1.82) is 0 Å². The topological polar surface area (TPSA) is 44.7 Å². The zero-order valence-corrected chi connectivity index (χ0v) is 14.4. The molecule has 1 fully saturated rings. The number of nitrogens with zero attached hydrogens (tertiary/aromatic N) is 1. The van der Waals surface area contributed by atoms with E-state index in [1.54, 1.807) is 0 Å². The first-order valence-electron chi connectivity index (χ1n) is 8.39. The van der Waals surface area contributed by atoms with Crippen molar-refractivity contribution in [3.8, 4) is 5.75 Å². The van der Waals surface area contributed by atoms with Crippen molar-refractivity contribution in [1.82, 2.24) is 10.2 Å². The summed E-state index contributed by atoms with van der Waals surface area (Å²) in [7, 11) is 0. The summed E-state index contributed by atoms with van der Waals surface area (Å²) in [5.74, 6) is 0.954. The molecule has 0 saturated carbocycles. The minimum atomic E-state index is -0.433. The lowest BCUT2D eigenvalue weighted by Crippen LogP contribution is -2.45. The van der Waals surface area contributed by atoms with Crippen molar-refractivity contribution in [2.75, 3.05) is 39.3 Å². The summed E-state index contributed by atoms with van der Waals surface area (Å²) in [5, 5.41) is 14.1. The minimum absolute atomic E-state index is 0.433. The second-order valence-electron chi connectivity index (χ2n) is 6.27. The number of nitrogens with one attached hydrogen (secondary N) is 1. The van der Waals surface area contributed by atoms with Crippen LogP contribution in [0.4, 0.5) is 0 Å². The van der Waals surface area contributed by atoms with Gasteiger partial charge >= 0.3 is 0 Å². The van der Waals surface area contributed by atoms with E-state index in [4.69, 9.17) is 4.74 Å². The number of aryl methyl sites for hydroxylation is 1. The molecule has 1 aliphatic heterocycles. The Morgan fingerprint density at radius 3 is 2.55 bits per heavy atom. The third-order valence-electron chi connectivity index (χ3n) is 4.54. The smallest absolute Gasteiger partial charge is 0.122 e. The van der Waals surface area contributed by atoms with Crippen LogP contribution in [0.1, 0.15) is 41.7 Å². The van der Waals surface area contributed by atoms with Gasteiger partial charge in [0, 0.05) is 32.7 Å². The van der Waals surface area contributed by atoms with Gasteiger partial charge in [-0.2, -0.15) is 0 Å². The number of aliphatic hydroxyl groups is 1. The highest BCUT2D eigenvalue weighted by Gasteiger charge is 2.21. The molecule has 0 radical (unpaired) electrons. The van der Waals surface area contributed by atoms with Gasteiger partial charge in [-0.3, -0.25) is 4.90 Å².